The molecule has 104 valence electrons. The topological polar surface area (TPSA) is 42.2 Å². The van der Waals surface area contributed by atoms with Crippen LogP contribution in [0.2, 0.25) is 0 Å². The van der Waals surface area contributed by atoms with Crippen LogP contribution in [0.4, 0.5) is 0 Å². The van der Waals surface area contributed by atoms with Gasteiger partial charge in [-0.1, -0.05) is 18.2 Å². The Morgan fingerprint density at radius 2 is 2.11 bits per heavy atom. The molecule has 0 saturated carbocycles. The molecule has 2 aromatic rings. The molecule has 1 heterocycles. The summed E-state index contributed by atoms with van der Waals surface area (Å²) in [6.07, 6.45) is 2.68. The lowest BCUT2D eigenvalue weighted by Gasteiger charge is -2.12. The van der Waals surface area contributed by atoms with E-state index in [4.69, 9.17) is 4.42 Å². The third kappa shape index (κ3) is 3.67. The number of fused-ring (bicyclic) bond motifs is 1. The van der Waals surface area contributed by atoms with E-state index in [1.54, 1.807) is 6.26 Å². The number of para-hydroxylation sites is 1. The Morgan fingerprint density at radius 3 is 2.84 bits per heavy atom. The standard InChI is InChI=1S/C15H21NO2S/c1-11(8-9-19(3)17)16-10-14-12(2)18-15-7-5-4-6-13(14)15/h4-7,11,16H,8-10H2,1-3H3. The highest BCUT2D eigenvalue weighted by Crippen LogP contribution is 2.25. The highest BCUT2D eigenvalue weighted by molar-refractivity contribution is 7.84. The number of aryl methyl sites for hydroxylation is 1. The molecule has 1 aromatic heterocycles. The lowest BCUT2D eigenvalue weighted by atomic mass is 10.1. The van der Waals surface area contributed by atoms with Crippen molar-refractivity contribution in [1.29, 1.82) is 0 Å². The Morgan fingerprint density at radius 1 is 1.37 bits per heavy atom. The van der Waals surface area contributed by atoms with E-state index in [-0.39, 0.29) is 0 Å². The Balaban J connectivity index is 2.01. The summed E-state index contributed by atoms with van der Waals surface area (Å²) in [6.45, 7) is 4.92. The number of furan rings is 1. The molecule has 0 aliphatic heterocycles. The van der Waals surface area contributed by atoms with Gasteiger partial charge < -0.3 is 9.73 Å². The van der Waals surface area contributed by atoms with Gasteiger partial charge in [0.05, 0.1) is 0 Å². The molecule has 0 aliphatic rings. The van der Waals surface area contributed by atoms with Crippen molar-refractivity contribution in [2.75, 3.05) is 12.0 Å². The molecule has 0 spiro atoms. The van der Waals surface area contributed by atoms with E-state index in [9.17, 15) is 4.21 Å². The van der Waals surface area contributed by atoms with Crippen molar-refractivity contribution >= 4 is 21.8 Å². The molecule has 2 rings (SSSR count). The molecule has 0 saturated heterocycles. The fourth-order valence-corrected chi connectivity index (χ4v) is 2.85. The molecule has 1 N–H and O–H groups in total. The first-order valence-electron chi connectivity index (χ1n) is 6.58. The summed E-state index contributed by atoms with van der Waals surface area (Å²) in [7, 11) is -0.712. The monoisotopic (exact) mass is 279 g/mol. The van der Waals surface area contributed by atoms with Gasteiger partial charge in [0.25, 0.3) is 0 Å². The van der Waals surface area contributed by atoms with Crippen molar-refractivity contribution in [1.82, 2.24) is 5.32 Å². The minimum Gasteiger partial charge on any atom is -0.461 e. The van der Waals surface area contributed by atoms with Gasteiger partial charge in [0.1, 0.15) is 11.3 Å². The summed E-state index contributed by atoms with van der Waals surface area (Å²) in [5, 5.41) is 4.66. The highest BCUT2D eigenvalue weighted by atomic mass is 32.2. The van der Waals surface area contributed by atoms with Gasteiger partial charge in [-0.05, 0) is 26.3 Å². The largest absolute Gasteiger partial charge is 0.461 e. The summed E-state index contributed by atoms with van der Waals surface area (Å²) >= 11 is 0. The minimum atomic E-state index is -0.712. The Bertz CT molecular complexity index is 577. The molecular weight excluding hydrogens is 258 g/mol. The smallest absolute Gasteiger partial charge is 0.134 e. The zero-order valence-electron chi connectivity index (χ0n) is 11.7. The fraction of sp³-hybridized carbons (Fsp3) is 0.467. The van der Waals surface area contributed by atoms with E-state index in [1.807, 2.05) is 25.1 Å². The van der Waals surface area contributed by atoms with E-state index >= 15 is 0 Å². The van der Waals surface area contributed by atoms with Crippen LogP contribution in [-0.2, 0) is 17.3 Å². The van der Waals surface area contributed by atoms with Crippen LogP contribution in [0.25, 0.3) is 11.0 Å². The number of hydrogen-bond acceptors (Lipinski definition) is 3. The molecule has 0 fully saturated rings. The maximum Gasteiger partial charge on any atom is 0.134 e. The van der Waals surface area contributed by atoms with Crippen molar-refractivity contribution in [3.05, 3.63) is 35.6 Å². The quantitative estimate of drug-likeness (QED) is 0.884. The first-order valence-corrected chi connectivity index (χ1v) is 8.31. The molecular formula is C15H21NO2S. The van der Waals surface area contributed by atoms with Crippen molar-refractivity contribution < 1.29 is 8.63 Å². The third-order valence-corrected chi connectivity index (χ3v) is 4.18. The summed E-state index contributed by atoms with van der Waals surface area (Å²) < 4.78 is 16.8. The zero-order valence-corrected chi connectivity index (χ0v) is 12.5. The van der Waals surface area contributed by atoms with Crippen molar-refractivity contribution in [3.63, 3.8) is 0 Å². The van der Waals surface area contributed by atoms with Gasteiger partial charge in [0, 0.05) is 46.3 Å². The average Bonchev–Trinajstić information content (AvgIpc) is 2.69. The van der Waals surface area contributed by atoms with Crippen molar-refractivity contribution in [2.45, 2.75) is 32.9 Å². The predicted molar refractivity (Wildman–Crippen MR) is 80.8 cm³/mol. The second-order valence-corrected chi connectivity index (χ2v) is 6.54. The van der Waals surface area contributed by atoms with Crippen LogP contribution in [0.15, 0.2) is 28.7 Å². The van der Waals surface area contributed by atoms with Crippen molar-refractivity contribution in [3.8, 4) is 0 Å². The summed E-state index contributed by atoms with van der Waals surface area (Å²) in [4.78, 5) is 0. The van der Waals surface area contributed by atoms with Gasteiger partial charge in [0.15, 0.2) is 0 Å². The molecule has 3 nitrogen and oxygen atoms in total. The first-order chi connectivity index (χ1) is 9.08. The summed E-state index contributed by atoms with van der Waals surface area (Å²) in [6, 6.07) is 8.47. The van der Waals surface area contributed by atoms with Crippen LogP contribution in [0.5, 0.6) is 0 Å². The van der Waals surface area contributed by atoms with E-state index in [0.717, 1.165) is 30.1 Å². The molecule has 0 amide bonds. The molecule has 0 radical (unpaired) electrons. The average molecular weight is 279 g/mol. The van der Waals surface area contributed by atoms with E-state index in [0.29, 0.717) is 6.04 Å². The van der Waals surface area contributed by atoms with Crippen LogP contribution in [-0.4, -0.2) is 22.3 Å². The number of nitrogens with one attached hydrogen (secondary N) is 1. The minimum absolute atomic E-state index is 0.358. The van der Waals surface area contributed by atoms with Crippen LogP contribution < -0.4 is 5.32 Å². The maximum absolute atomic E-state index is 11.1. The summed E-state index contributed by atoms with van der Waals surface area (Å²) in [5.41, 5.74) is 2.17. The Hall–Kier alpha value is -1.13. The molecule has 2 atom stereocenters. The molecule has 4 heteroatoms. The van der Waals surface area contributed by atoms with E-state index in [1.165, 1.54) is 10.9 Å². The second-order valence-electron chi connectivity index (χ2n) is 4.98. The number of hydrogen-bond donors (Lipinski definition) is 1. The van der Waals surface area contributed by atoms with Gasteiger partial charge in [0.2, 0.25) is 0 Å². The lowest BCUT2D eigenvalue weighted by Crippen LogP contribution is -2.27. The molecule has 1 aromatic carbocycles. The van der Waals surface area contributed by atoms with Crippen LogP contribution in [0, 0.1) is 6.92 Å². The fourth-order valence-electron chi connectivity index (χ4n) is 2.16. The van der Waals surface area contributed by atoms with E-state index < -0.39 is 10.8 Å². The SMILES string of the molecule is Cc1oc2ccccc2c1CNC(C)CCS(C)=O. The Labute approximate surface area is 116 Å². The molecule has 0 bridgehead atoms. The van der Waals surface area contributed by atoms with Gasteiger partial charge in [-0.15, -0.1) is 0 Å². The highest BCUT2D eigenvalue weighted by Gasteiger charge is 2.11. The Kier molecular flexibility index (Phi) is 4.77. The van der Waals surface area contributed by atoms with Crippen LogP contribution in [0.3, 0.4) is 0 Å². The van der Waals surface area contributed by atoms with Crippen molar-refractivity contribution in [2.24, 2.45) is 0 Å². The zero-order chi connectivity index (χ0) is 13.8. The number of benzene rings is 1. The van der Waals surface area contributed by atoms with E-state index in [2.05, 4.69) is 18.3 Å². The number of rotatable bonds is 6. The second kappa shape index (κ2) is 6.35. The molecule has 19 heavy (non-hydrogen) atoms. The molecule has 2 unspecified atom stereocenters. The van der Waals surface area contributed by atoms with Gasteiger partial charge in [-0.25, -0.2) is 0 Å². The van der Waals surface area contributed by atoms with Gasteiger partial charge in [-0.3, -0.25) is 4.21 Å². The normalized spacial score (nSPS) is 14.7. The van der Waals surface area contributed by atoms with Crippen LogP contribution >= 0.6 is 0 Å². The summed E-state index contributed by atoms with van der Waals surface area (Å²) in [5.74, 6) is 1.72. The first kappa shape index (κ1) is 14.3. The van der Waals surface area contributed by atoms with Crippen LogP contribution in [0.1, 0.15) is 24.7 Å². The lowest BCUT2D eigenvalue weighted by molar-refractivity contribution is 0.522. The molecule has 0 aliphatic carbocycles. The maximum atomic E-state index is 11.1. The predicted octanol–water partition coefficient (Wildman–Crippen LogP) is 2.99. The van der Waals surface area contributed by atoms with Gasteiger partial charge >= 0.3 is 0 Å². The van der Waals surface area contributed by atoms with Gasteiger partial charge in [-0.2, -0.15) is 0 Å². The third-order valence-electron chi connectivity index (χ3n) is 3.37.